The highest BCUT2D eigenvalue weighted by Gasteiger charge is 2.06. The van der Waals surface area contributed by atoms with Gasteiger partial charge in [-0.3, -0.25) is 4.79 Å². The van der Waals surface area contributed by atoms with Crippen LogP contribution in [0.1, 0.15) is 19.7 Å². The van der Waals surface area contributed by atoms with Crippen LogP contribution in [0.15, 0.2) is 6.33 Å². The predicted octanol–water partition coefficient (Wildman–Crippen LogP) is 0.130. The van der Waals surface area contributed by atoms with Gasteiger partial charge in [0.05, 0.1) is 0 Å². The lowest BCUT2D eigenvalue weighted by Gasteiger charge is -2.06. The summed E-state index contributed by atoms with van der Waals surface area (Å²) in [5.41, 5.74) is 0. The summed E-state index contributed by atoms with van der Waals surface area (Å²) >= 11 is 0. The molecule has 1 aromatic rings. The van der Waals surface area contributed by atoms with Gasteiger partial charge in [0.25, 0.3) is 0 Å². The summed E-state index contributed by atoms with van der Waals surface area (Å²) < 4.78 is 1.85. The molecule has 5 nitrogen and oxygen atoms in total. The Labute approximate surface area is 83.5 Å². The quantitative estimate of drug-likeness (QED) is 0.744. The number of carbonyl (C=O) groups is 1. The van der Waals surface area contributed by atoms with Gasteiger partial charge in [-0.25, -0.2) is 0 Å². The van der Waals surface area contributed by atoms with Gasteiger partial charge in [0, 0.05) is 25.9 Å². The second-order valence-electron chi connectivity index (χ2n) is 3.55. The molecule has 0 spiro atoms. The maximum atomic E-state index is 11.2. The van der Waals surface area contributed by atoms with Crippen LogP contribution in [-0.2, 0) is 18.3 Å². The Hall–Kier alpha value is -1.39. The third-order valence-electron chi connectivity index (χ3n) is 1.98. The highest BCUT2D eigenvalue weighted by atomic mass is 16.1. The van der Waals surface area contributed by atoms with Gasteiger partial charge in [-0.05, 0) is 0 Å². The average molecular weight is 196 g/mol. The van der Waals surface area contributed by atoms with Gasteiger partial charge in [0.1, 0.15) is 12.2 Å². The summed E-state index contributed by atoms with van der Waals surface area (Å²) in [5.74, 6) is 0.996. The van der Waals surface area contributed by atoms with Gasteiger partial charge in [-0.15, -0.1) is 10.2 Å². The monoisotopic (exact) mass is 196 g/mol. The van der Waals surface area contributed by atoms with Crippen molar-refractivity contribution in [2.45, 2.75) is 20.3 Å². The average Bonchev–Trinajstić information content (AvgIpc) is 2.51. The predicted molar refractivity (Wildman–Crippen MR) is 52.6 cm³/mol. The molecule has 0 aliphatic carbocycles. The number of nitrogens with zero attached hydrogens (tertiary/aromatic N) is 3. The SMILES string of the molecule is CC(C)C(=O)NCCc1nncn1C. The lowest BCUT2D eigenvalue weighted by atomic mass is 10.2. The smallest absolute Gasteiger partial charge is 0.222 e. The molecule has 1 aromatic heterocycles. The molecule has 78 valence electrons. The van der Waals surface area contributed by atoms with E-state index < -0.39 is 0 Å². The Bertz CT molecular complexity index is 306. The third-order valence-corrected chi connectivity index (χ3v) is 1.98. The molecule has 0 fully saturated rings. The van der Waals surface area contributed by atoms with E-state index in [0.717, 1.165) is 12.2 Å². The summed E-state index contributed by atoms with van der Waals surface area (Å²) in [7, 11) is 1.89. The molecule has 0 saturated heterocycles. The first-order valence-corrected chi connectivity index (χ1v) is 4.72. The summed E-state index contributed by atoms with van der Waals surface area (Å²) in [4.78, 5) is 11.2. The number of hydrogen-bond acceptors (Lipinski definition) is 3. The zero-order chi connectivity index (χ0) is 10.6. The van der Waals surface area contributed by atoms with Crippen molar-refractivity contribution in [2.75, 3.05) is 6.54 Å². The molecule has 0 atom stereocenters. The number of carbonyl (C=O) groups excluding carboxylic acids is 1. The topological polar surface area (TPSA) is 59.8 Å². The first-order chi connectivity index (χ1) is 6.61. The number of nitrogens with one attached hydrogen (secondary N) is 1. The molecule has 0 unspecified atom stereocenters. The van der Waals surface area contributed by atoms with E-state index in [4.69, 9.17) is 0 Å². The van der Waals surface area contributed by atoms with Gasteiger partial charge in [0.15, 0.2) is 0 Å². The van der Waals surface area contributed by atoms with E-state index in [1.165, 1.54) is 0 Å². The first kappa shape index (κ1) is 10.7. The molecule has 0 bridgehead atoms. The Morgan fingerprint density at radius 2 is 2.36 bits per heavy atom. The largest absolute Gasteiger partial charge is 0.355 e. The molecule has 5 heteroatoms. The van der Waals surface area contributed by atoms with Gasteiger partial charge < -0.3 is 9.88 Å². The van der Waals surface area contributed by atoms with Crippen molar-refractivity contribution < 1.29 is 4.79 Å². The molecule has 0 radical (unpaired) electrons. The van der Waals surface area contributed by atoms with Crippen molar-refractivity contribution >= 4 is 5.91 Å². The highest BCUT2D eigenvalue weighted by molar-refractivity contribution is 5.77. The van der Waals surface area contributed by atoms with Crippen LogP contribution < -0.4 is 5.32 Å². The second kappa shape index (κ2) is 4.74. The summed E-state index contributed by atoms with van der Waals surface area (Å²) in [5, 5.41) is 10.5. The lowest BCUT2D eigenvalue weighted by molar-refractivity contribution is -0.123. The number of amides is 1. The molecule has 14 heavy (non-hydrogen) atoms. The number of hydrogen-bond donors (Lipinski definition) is 1. The fraction of sp³-hybridized carbons (Fsp3) is 0.667. The minimum Gasteiger partial charge on any atom is -0.355 e. The fourth-order valence-electron chi connectivity index (χ4n) is 1.04. The third kappa shape index (κ3) is 2.83. The summed E-state index contributed by atoms with van der Waals surface area (Å²) in [6.45, 7) is 4.36. The van der Waals surface area contributed by atoms with E-state index in [-0.39, 0.29) is 11.8 Å². The molecule has 0 aromatic carbocycles. The van der Waals surface area contributed by atoms with Crippen molar-refractivity contribution in [3.05, 3.63) is 12.2 Å². The van der Waals surface area contributed by atoms with Gasteiger partial charge >= 0.3 is 0 Å². The van der Waals surface area contributed by atoms with Crippen molar-refractivity contribution in [3.8, 4) is 0 Å². The van der Waals surface area contributed by atoms with Gasteiger partial charge in [-0.2, -0.15) is 0 Å². The Morgan fingerprint density at radius 1 is 1.64 bits per heavy atom. The van der Waals surface area contributed by atoms with Crippen molar-refractivity contribution in [3.63, 3.8) is 0 Å². The Morgan fingerprint density at radius 3 is 2.86 bits per heavy atom. The van der Waals surface area contributed by atoms with Crippen LogP contribution in [0.5, 0.6) is 0 Å². The van der Waals surface area contributed by atoms with Crippen LogP contribution in [0, 0.1) is 5.92 Å². The number of aromatic nitrogens is 3. The molecule has 1 amide bonds. The van der Waals surface area contributed by atoms with E-state index in [1.807, 2.05) is 25.5 Å². The normalized spacial score (nSPS) is 10.6. The Balaban J connectivity index is 2.29. The number of aryl methyl sites for hydroxylation is 1. The maximum Gasteiger partial charge on any atom is 0.222 e. The van der Waals surface area contributed by atoms with Crippen molar-refractivity contribution in [1.29, 1.82) is 0 Å². The van der Waals surface area contributed by atoms with Crippen molar-refractivity contribution in [2.24, 2.45) is 13.0 Å². The van der Waals surface area contributed by atoms with E-state index in [0.29, 0.717) is 6.54 Å². The second-order valence-corrected chi connectivity index (χ2v) is 3.55. The summed E-state index contributed by atoms with van der Waals surface area (Å²) in [6, 6.07) is 0. The zero-order valence-electron chi connectivity index (χ0n) is 8.82. The van der Waals surface area contributed by atoms with Crippen LogP contribution in [0.2, 0.25) is 0 Å². The Kier molecular flexibility index (Phi) is 3.62. The lowest BCUT2D eigenvalue weighted by Crippen LogP contribution is -2.29. The molecular formula is C9H16N4O. The minimum atomic E-state index is 0.0366. The van der Waals surface area contributed by atoms with E-state index >= 15 is 0 Å². The highest BCUT2D eigenvalue weighted by Crippen LogP contribution is 1.93. The van der Waals surface area contributed by atoms with Crippen LogP contribution in [0.4, 0.5) is 0 Å². The fourth-order valence-corrected chi connectivity index (χ4v) is 1.04. The molecule has 1 rings (SSSR count). The maximum absolute atomic E-state index is 11.2. The molecule has 1 N–H and O–H groups in total. The van der Waals surface area contributed by atoms with Gasteiger partial charge in [-0.1, -0.05) is 13.8 Å². The molecule has 0 saturated carbocycles. The minimum absolute atomic E-state index is 0.0366. The standard InChI is InChI=1S/C9H16N4O/c1-7(2)9(14)10-5-4-8-12-11-6-13(8)3/h6-7H,4-5H2,1-3H3,(H,10,14). The van der Waals surface area contributed by atoms with Crippen LogP contribution in [-0.4, -0.2) is 27.2 Å². The number of rotatable bonds is 4. The summed E-state index contributed by atoms with van der Waals surface area (Å²) in [6.07, 6.45) is 2.37. The molecule has 0 aliphatic heterocycles. The molecule has 1 heterocycles. The first-order valence-electron chi connectivity index (χ1n) is 4.72. The van der Waals surface area contributed by atoms with Crippen LogP contribution in [0.25, 0.3) is 0 Å². The zero-order valence-corrected chi connectivity index (χ0v) is 8.82. The molecular weight excluding hydrogens is 180 g/mol. The van der Waals surface area contributed by atoms with E-state index in [9.17, 15) is 4.79 Å². The van der Waals surface area contributed by atoms with Crippen molar-refractivity contribution in [1.82, 2.24) is 20.1 Å². The van der Waals surface area contributed by atoms with Crippen LogP contribution >= 0.6 is 0 Å². The van der Waals surface area contributed by atoms with E-state index in [2.05, 4.69) is 15.5 Å². The van der Waals surface area contributed by atoms with E-state index in [1.54, 1.807) is 6.33 Å². The van der Waals surface area contributed by atoms with Gasteiger partial charge in [0.2, 0.25) is 5.91 Å². The van der Waals surface area contributed by atoms with Crippen LogP contribution in [0.3, 0.4) is 0 Å². The molecule has 0 aliphatic rings.